The van der Waals surface area contributed by atoms with Gasteiger partial charge in [-0.3, -0.25) is 4.90 Å². The van der Waals surface area contributed by atoms with E-state index in [1.165, 1.54) is 29.0 Å². The molecule has 1 saturated heterocycles. The SMILES string of the molecule is COC(=O)C(c1ccc(F)cc1)N1CCCC1c1ccc(C)s1. The van der Waals surface area contributed by atoms with Gasteiger partial charge in [0.05, 0.1) is 7.11 Å². The van der Waals surface area contributed by atoms with Crippen molar-refractivity contribution < 1.29 is 13.9 Å². The van der Waals surface area contributed by atoms with Crippen molar-refractivity contribution in [2.45, 2.75) is 31.8 Å². The van der Waals surface area contributed by atoms with Gasteiger partial charge < -0.3 is 4.74 Å². The second-order valence-corrected chi connectivity index (χ2v) is 7.14. The average Bonchev–Trinajstić information content (AvgIpc) is 3.18. The predicted octanol–water partition coefficient (Wildman–Crippen LogP) is 4.25. The van der Waals surface area contributed by atoms with Gasteiger partial charge in [0.2, 0.25) is 0 Å². The summed E-state index contributed by atoms with van der Waals surface area (Å²) in [4.78, 5) is 17.1. The second-order valence-electron chi connectivity index (χ2n) is 5.82. The summed E-state index contributed by atoms with van der Waals surface area (Å²) in [6, 6.07) is 10.1. The number of rotatable bonds is 4. The Kier molecular flexibility index (Phi) is 4.78. The molecular weight excluding hydrogens is 313 g/mol. The van der Waals surface area contributed by atoms with E-state index in [2.05, 4.69) is 24.0 Å². The van der Waals surface area contributed by atoms with Crippen LogP contribution in [0.3, 0.4) is 0 Å². The fourth-order valence-electron chi connectivity index (χ4n) is 3.26. The fourth-order valence-corrected chi connectivity index (χ4v) is 4.29. The summed E-state index contributed by atoms with van der Waals surface area (Å²) in [7, 11) is 1.40. The minimum Gasteiger partial charge on any atom is -0.468 e. The molecule has 0 saturated carbocycles. The van der Waals surface area contributed by atoms with Crippen LogP contribution in [0.4, 0.5) is 4.39 Å². The molecule has 122 valence electrons. The first-order valence-corrected chi connectivity index (χ1v) is 8.57. The first-order valence-electron chi connectivity index (χ1n) is 7.75. The molecule has 2 aromatic rings. The minimum atomic E-state index is -0.490. The molecule has 0 spiro atoms. The number of methoxy groups -OCH3 is 1. The number of likely N-dealkylation sites (tertiary alicyclic amines) is 1. The number of hydrogen-bond acceptors (Lipinski definition) is 4. The van der Waals surface area contributed by atoms with E-state index in [0.717, 1.165) is 24.9 Å². The van der Waals surface area contributed by atoms with Crippen molar-refractivity contribution in [2.75, 3.05) is 13.7 Å². The van der Waals surface area contributed by atoms with E-state index in [-0.39, 0.29) is 17.8 Å². The van der Waals surface area contributed by atoms with Crippen LogP contribution in [0.1, 0.15) is 40.2 Å². The zero-order valence-electron chi connectivity index (χ0n) is 13.3. The number of benzene rings is 1. The molecular formula is C18H20FNO2S. The van der Waals surface area contributed by atoms with Crippen molar-refractivity contribution in [3.05, 3.63) is 57.5 Å². The Morgan fingerprint density at radius 2 is 2.04 bits per heavy atom. The molecule has 1 aromatic heterocycles. The topological polar surface area (TPSA) is 29.5 Å². The van der Waals surface area contributed by atoms with E-state index in [1.807, 2.05) is 0 Å². The Hall–Kier alpha value is -1.72. The zero-order chi connectivity index (χ0) is 16.4. The quantitative estimate of drug-likeness (QED) is 0.784. The molecule has 23 heavy (non-hydrogen) atoms. The summed E-state index contributed by atoms with van der Waals surface area (Å²) in [5, 5.41) is 0. The number of carbonyl (C=O) groups is 1. The average molecular weight is 333 g/mol. The van der Waals surface area contributed by atoms with Gasteiger partial charge in [-0.1, -0.05) is 12.1 Å². The third kappa shape index (κ3) is 3.31. The molecule has 2 heterocycles. The molecule has 5 heteroatoms. The van der Waals surface area contributed by atoms with Crippen LogP contribution in [0.5, 0.6) is 0 Å². The zero-order valence-corrected chi connectivity index (χ0v) is 14.1. The van der Waals surface area contributed by atoms with E-state index in [0.29, 0.717) is 0 Å². The van der Waals surface area contributed by atoms with Crippen LogP contribution in [0.2, 0.25) is 0 Å². The normalized spacial score (nSPS) is 19.7. The van der Waals surface area contributed by atoms with Gasteiger partial charge in [-0.15, -0.1) is 11.3 Å². The van der Waals surface area contributed by atoms with Gasteiger partial charge in [-0.05, 0) is 49.6 Å². The van der Waals surface area contributed by atoms with Gasteiger partial charge in [0.15, 0.2) is 0 Å². The largest absolute Gasteiger partial charge is 0.468 e. The van der Waals surface area contributed by atoms with Crippen molar-refractivity contribution in [1.29, 1.82) is 0 Å². The smallest absolute Gasteiger partial charge is 0.327 e. The van der Waals surface area contributed by atoms with Gasteiger partial charge in [0.25, 0.3) is 0 Å². The fraction of sp³-hybridized carbons (Fsp3) is 0.389. The maximum atomic E-state index is 13.2. The Bertz CT molecular complexity index is 683. The van der Waals surface area contributed by atoms with E-state index < -0.39 is 6.04 Å². The highest BCUT2D eigenvalue weighted by atomic mass is 32.1. The Morgan fingerprint density at radius 1 is 1.30 bits per heavy atom. The summed E-state index contributed by atoms with van der Waals surface area (Å²) >= 11 is 1.77. The number of hydrogen-bond donors (Lipinski definition) is 0. The molecule has 1 aliphatic rings. The molecule has 0 amide bonds. The predicted molar refractivity (Wildman–Crippen MR) is 88.9 cm³/mol. The van der Waals surface area contributed by atoms with Crippen LogP contribution in [-0.2, 0) is 9.53 Å². The van der Waals surface area contributed by atoms with Gasteiger partial charge >= 0.3 is 5.97 Å². The first kappa shape index (κ1) is 16.1. The molecule has 2 atom stereocenters. The molecule has 1 aliphatic heterocycles. The molecule has 0 bridgehead atoms. The van der Waals surface area contributed by atoms with E-state index >= 15 is 0 Å². The number of aryl methyl sites for hydroxylation is 1. The van der Waals surface area contributed by atoms with Gasteiger partial charge in [-0.25, -0.2) is 9.18 Å². The monoisotopic (exact) mass is 333 g/mol. The van der Waals surface area contributed by atoms with Crippen LogP contribution >= 0.6 is 11.3 Å². The molecule has 3 nitrogen and oxygen atoms in total. The Labute approximate surface area is 139 Å². The summed E-state index contributed by atoms with van der Waals surface area (Å²) in [5.41, 5.74) is 0.776. The number of esters is 1. The Morgan fingerprint density at radius 3 is 2.65 bits per heavy atom. The summed E-state index contributed by atoms with van der Waals surface area (Å²) in [6.45, 7) is 2.92. The summed E-state index contributed by atoms with van der Waals surface area (Å²) in [6.07, 6.45) is 2.06. The third-order valence-electron chi connectivity index (χ3n) is 4.33. The van der Waals surface area contributed by atoms with E-state index in [9.17, 15) is 9.18 Å². The number of halogens is 1. The first-order chi connectivity index (χ1) is 11.1. The highest BCUT2D eigenvalue weighted by molar-refractivity contribution is 7.12. The van der Waals surface area contributed by atoms with Crippen molar-refractivity contribution >= 4 is 17.3 Å². The lowest BCUT2D eigenvalue weighted by atomic mass is 10.0. The lowest BCUT2D eigenvalue weighted by Gasteiger charge is -2.31. The van der Waals surface area contributed by atoms with Crippen molar-refractivity contribution in [1.82, 2.24) is 4.90 Å². The molecule has 1 aromatic carbocycles. The van der Waals surface area contributed by atoms with Crippen LogP contribution in [0.15, 0.2) is 36.4 Å². The van der Waals surface area contributed by atoms with Gasteiger partial charge in [-0.2, -0.15) is 0 Å². The van der Waals surface area contributed by atoms with Gasteiger partial charge in [0, 0.05) is 22.3 Å². The van der Waals surface area contributed by atoms with Crippen LogP contribution in [0, 0.1) is 12.7 Å². The Balaban J connectivity index is 1.95. The maximum absolute atomic E-state index is 13.2. The van der Waals surface area contributed by atoms with Gasteiger partial charge in [0.1, 0.15) is 11.9 Å². The maximum Gasteiger partial charge on any atom is 0.327 e. The summed E-state index contributed by atoms with van der Waals surface area (Å²) < 4.78 is 18.3. The molecule has 3 rings (SSSR count). The second kappa shape index (κ2) is 6.81. The standard InChI is InChI=1S/C18H20FNO2S/c1-12-5-10-16(23-12)15-4-3-11-20(15)17(18(21)22-2)13-6-8-14(19)9-7-13/h5-10,15,17H,3-4,11H2,1-2H3. The lowest BCUT2D eigenvalue weighted by molar-refractivity contribution is -0.147. The van der Waals surface area contributed by atoms with Crippen LogP contribution < -0.4 is 0 Å². The highest BCUT2D eigenvalue weighted by Crippen LogP contribution is 2.41. The number of carbonyl (C=O) groups excluding carboxylic acids is 1. The van der Waals surface area contributed by atoms with E-state index in [4.69, 9.17) is 4.74 Å². The van der Waals surface area contributed by atoms with Crippen LogP contribution in [0.25, 0.3) is 0 Å². The summed E-state index contributed by atoms with van der Waals surface area (Å²) in [5.74, 6) is -0.596. The number of nitrogens with zero attached hydrogens (tertiary/aromatic N) is 1. The molecule has 0 N–H and O–H groups in total. The third-order valence-corrected chi connectivity index (χ3v) is 5.43. The van der Waals surface area contributed by atoms with Crippen molar-refractivity contribution in [3.8, 4) is 0 Å². The van der Waals surface area contributed by atoms with Crippen LogP contribution in [-0.4, -0.2) is 24.5 Å². The van der Waals surface area contributed by atoms with E-state index in [1.54, 1.807) is 23.5 Å². The number of ether oxygens (including phenoxy) is 1. The molecule has 0 radical (unpaired) electrons. The molecule has 0 aliphatic carbocycles. The molecule has 1 fully saturated rings. The van der Waals surface area contributed by atoms with Crippen molar-refractivity contribution in [3.63, 3.8) is 0 Å². The highest BCUT2D eigenvalue weighted by Gasteiger charge is 2.37. The molecule has 2 unspecified atom stereocenters. The van der Waals surface area contributed by atoms with Crippen molar-refractivity contribution in [2.24, 2.45) is 0 Å². The number of thiophene rings is 1. The lowest BCUT2D eigenvalue weighted by Crippen LogP contribution is -2.34. The minimum absolute atomic E-state index is 0.211.